The third-order valence-corrected chi connectivity index (χ3v) is 5.39. The van der Waals surface area contributed by atoms with Crippen LogP contribution in [0.3, 0.4) is 0 Å². The Morgan fingerprint density at radius 2 is 1.84 bits per heavy atom. The molecule has 2 aromatic rings. The molecule has 1 aliphatic heterocycles. The average molecular weight is 354 g/mol. The summed E-state index contributed by atoms with van der Waals surface area (Å²) in [6, 6.07) is 17.5. The molecule has 0 fully saturated rings. The molecule has 2 atom stereocenters. The molecule has 0 spiro atoms. The lowest BCUT2D eigenvalue weighted by Crippen LogP contribution is -2.35. The van der Waals surface area contributed by atoms with Gasteiger partial charge < -0.3 is 10.6 Å². The van der Waals surface area contributed by atoms with E-state index in [1.54, 1.807) is 0 Å². The molecule has 0 bridgehead atoms. The number of fused-ring (bicyclic) bond motifs is 1. The first kappa shape index (κ1) is 17.5. The van der Waals surface area contributed by atoms with E-state index < -0.39 is 0 Å². The van der Waals surface area contributed by atoms with Crippen molar-refractivity contribution in [2.45, 2.75) is 36.7 Å². The molecule has 4 nitrogen and oxygen atoms in total. The van der Waals surface area contributed by atoms with Gasteiger partial charge in [0.2, 0.25) is 11.8 Å². The number of carbonyl (C=O) groups excluding carboxylic acids is 2. The minimum atomic E-state index is -0.313. The SMILES string of the molecule is CC(=O)N[C@@H](CC(=O)N[C@H]1CCSc2ccccc21)c1ccccc1. The number of hydrogen-bond acceptors (Lipinski definition) is 3. The van der Waals surface area contributed by atoms with Gasteiger partial charge in [-0.1, -0.05) is 48.5 Å². The Hall–Kier alpha value is -2.27. The summed E-state index contributed by atoms with van der Waals surface area (Å²) in [6.07, 6.45) is 1.15. The van der Waals surface area contributed by atoms with E-state index in [4.69, 9.17) is 0 Å². The van der Waals surface area contributed by atoms with Crippen LogP contribution in [0, 0.1) is 0 Å². The number of amides is 2. The minimum absolute atomic E-state index is 0.0405. The van der Waals surface area contributed by atoms with Crippen molar-refractivity contribution in [2.75, 3.05) is 5.75 Å². The fourth-order valence-corrected chi connectivity index (χ4v) is 4.24. The molecular weight excluding hydrogens is 332 g/mol. The Morgan fingerprint density at radius 3 is 2.60 bits per heavy atom. The highest BCUT2D eigenvalue weighted by Gasteiger charge is 2.24. The maximum Gasteiger partial charge on any atom is 0.222 e. The molecule has 0 unspecified atom stereocenters. The standard InChI is InChI=1S/C20H22N2O2S/c1-14(23)21-18(15-7-3-2-4-8-15)13-20(24)22-17-11-12-25-19-10-6-5-9-16(17)19/h2-10,17-18H,11-13H2,1H3,(H,21,23)(H,22,24)/t17-,18-/m0/s1. The molecule has 25 heavy (non-hydrogen) atoms. The first-order valence-electron chi connectivity index (χ1n) is 8.46. The molecule has 0 saturated heterocycles. The second kappa shape index (κ2) is 8.21. The Balaban J connectivity index is 1.69. The number of rotatable bonds is 5. The topological polar surface area (TPSA) is 58.2 Å². The van der Waals surface area contributed by atoms with Crippen molar-refractivity contribution >= 4 is 23.6 Å². The van der Waals surface area contributed by atoms with Crippen LogP contribution in [0.2, 0.25) is 0 Å². The summed E-state index contributed by atoms with van der Waals surface area (Å²) in [5.41, 5.74) is 2.12. The lowest BCUT2D eigenvalue weighted by atomic mass is 10.0. The fraction of sp³-hybridized carbons (Fsp3) is 0.300. The predicted molar refractivity (Wildman–Crippen MR) is 100 cm³/mol. The number of hydrogen-bond donors (Lipinski definition) is 2. The Labute approximate surface area is 152 Å². The Bertz CT molecular complexity index is 748. The zero-order valence-electron chi connectivity index (χ0n) is 14.2. The number of nitrogens with one attached hydrogen (secondary N) is 2. The van der Waals surface area contributed by atoms with Crippen molar-refractivity contribution in [3.05, 3.63) is 65.7 Å². The van der Waals surface area contributed by atoms with Crippen LogP contribution in [0.5, 0.6) is 0 Å². The summed E-state index contributed by atoms with van der Waals surface area (Å²) in [5, 5.41) is 6.02. The van der Waals surface area contributed by atoms with Crippen molar-refractivity contribution in [2.24, 2.45) is 0 Å². The van der Waals surface area contributed by atoms with E-state index in [1.807, 2.05) is 54.2 Å². The Morgan fingerprint density at radius 1 is 1.12 bits per heavy atom. The van der Waals surface area contributed by atoms with E-state index in [0.717, 1.165) is 17.7 Å². The highest BCUT2D eigenvalue weighted by atomic mass is 32.2. The normalized spacial score (nSPS) is 17.2. The van der Waals surface area contributed by atoms with Crippen molar-refractivity contribution in [1.29, 1.82) is 0 Å². The van der Waals surface area contributed by atoms with Gasteiger partial charge >= 0.3 is 0 Å². The van der Waals surface area contributed by atoms with Crippen LogP contribution in [0.15, 0.2) is 59.5 Å². The van der Waals surface area contributed by atoms with E-state index >= 15 is 0 Å². The van der Waals surface area contributed by atoms with Crippen LogP contribution in [0.1, 0.15) is 43.0 Å². The third kappa shape index (κ3) is 4.63. The van der Waals surface area contributed by atoms with Crippen molar-refractivity contribution in [3.63, 3.8) is 0 Å². The quantitative estimate of drug-likeness (QED) is 0.862. The van der Waals surface area contributed by atoms with E-state index in [1.165, 1.54) is 17.4 Å². The van der Waals surface area contributed by atoms with E-state index in [2.05, 4.69) is 22.8 Å². The molecule has 0 saturated carbocycles. The maximum absolute atomic E-state index is 12.6. The van der Waals surface area contributed by atoms with Gasteiger partial charge in [0.1, 0.15) is 0 Å². The smallest absolute Gasteiger partial charge is 0.222 e. The first-order valence-corrected chi connectivity index (χ1v) is 9.45. The lowest BCUT2D eigenvalue weighted by molar-refractivity contribution is -0.123. The van der Waals surface area contributed by atoms with Gasteiger partial charge in [-0.2, -0.15) is 0 Å². The molecule has 130 valence electrons. The first-order chi connectivity index (χ1) is 12.1. The van der Waals surface area contributed by atoms with Crippen molar-refractivity contribution in [3.8, 4) is 0 Å². The van der Waals surface area contributed by atoms with E-state index in [9.17, 15) is 9.59 Å². The van der Waals surface area contributed by atoms with Crippen LogP contribution in [0.4, 0.5) is 0 Å². The second-order valence-corrected chi connectivity index (χ2v) is 7.30. The van der Waals surface area contributed by atoms with Crippen LogP contribution < -0.4 is 10.6 Å². The third-order valence-electron chi connectivity index (χ3n) is 4.26. The molecule has 2 amide bonds. The highest BCUT2D eigenvalue weighted by Crippen LogP contribution is 2.35. The lowest BCUT2D eigenvalue weighted by Gasteiger charge is -2.27. The van der Waals surface area contributed by atoms with Crippen molar-refractivity contribution in [1.82, 2.24) is 10.6 Å². The molecule has 0 aromatic heterocycles. The van der Waals surface area contributed by atoms with Crippen LogP contribution >= 0.6 is 11.8 Å². The molecule has 1 heterocycles. The van der Waals surface area contributed by atoms with Crippen LogP contribution in [-0.4, -0.2) is 17.6 Å². The van der Waals surface area contributed by atoms with Gasteiger partial charge in [-0.15, -0.1) is 11.8 Å². The molecule has 2 aromatic carbocycles. The minimum Gasteiger partial charge on any atom is -0.349 e. The molecular formula is C20H22N2O2S. The maximum atomic E-state index is 12.6. The largest absolute Gasteiger partial charge is 0.349 e. The number of carbonyl (C=O) groups is 2. The molecule has 0 aliphatic carbocycles. The van der Waals surface area contributed by atoms with Gasteiger partial charge in [0.15, 0.2) is 0 Å². The van der Waals surface area contributed by atoms with Gasteiger partial charge in [0.25, 0.3) is 0 Å². The van der Waals surface area contributed by atoms with Gasteiger partial charge in [-0.05, 0) is 23.6 Å². The van der Waals surface area contributed by atoms with E-state index in [0.29, 0.717) is 0 Å². The summed E-state index contributed by atoms with van der Waals surface area (Å²) in [6.45, 7) is 1.47. The highest BCUT2D eigenvalue weighted by molar-refractivity contribution is 7.99. The van der Waals surface area contributed by atoms with Gasteiger partial charge in [-0.3, -0.25) is 9.59 Å². The molecule has 1 aliphatic rings. The summed E-state index contributed by atoms with van der Waals surface area (Å²) in [5.74, 6) is 0.811. The predicted octanol–water partition coefficient (Wildman–Crippen LogP) is 3.61. The second-order valence-electron chi connectivity index (χ2n) is 6.16. The van der Waals surface area contributed by atoms with Gasteiger partial charge in [0.05, 0.1) is 18.5 Å². The van der Waals surface area contributed by atoms with Crippen LogP contribution in [-0.2, 0) is 9.59 Å². The summed E-state index contributed by atoms with van der Waals surface area (Å²) in [4.78, 5) is 25.4. The molecule has 3 rings (SSSR count). The number of benzene rings is 2. The zero-order valence-corrected chi connectivity index (χ0v) is 15.0. The summed E-state index contributed by atoms with van der Waals surface area (Å²) < 4.78 is 0. The Kier molecular flexibility index (Phi) is 5.76. The van der Waals surface area contributed by atoms with E-state index in [-0.39, 0.29) is 30.3 Å². The molecule has 0 radical (unpaired) electrons. The summed E-state index contributed by atoms with van der Waals surface area (Å²) >= 11 is 1.83. The fourth-order valence-electron chi connectivity index (χ4n) is 3.11. The zero-order chi connectivity index (χ0) is 17.6. The van der Waals surface area contributed by atoms with Gasteiger partial charge in [-0.25, -0.2) is 0 Å². The number of thioether (sulfide) groups is 1. The summed E-state index contributed by atoms with van der Waals surface area (Å²) in [7, 11) is 0. The molecule has 5 heteroatoms. The monoisotopic (exact) mass is 354 g/mol. The van der Waals surface area contributed by atoms with Crippen molar-refractivity contribution < 1.29 is 9.59 Å². The van der Waals surface area contributed by atoms with Crippen LogP contribution in [0.25, 0.3) is 0 Å². The van der Waals surface area contributed by atoms with Gasteiger partial charge in [0, 0.05) is 17.6 Å². The molecule has 2 N–H and O–H groups in total. The average Bonchev–Trinajstić information content (AvgIpc) is 2.62.